The van der Waals surface area contributed by atoms with Crippen LogP contribution >= 0.6 is 0 Å². The number of hydrogen-bond donors (Lipinski definition) is 1. The smallest absolute Gasteiger partial charge is 0.337 e. The summed E-state index contributed by atoms with van der Waals surface area (Å²) < 4.78 is 4.83. The van der Waals surface area contributed by atoms with E-state index in [1.54, 1.807) is 12.1 Å². The third kappa shape index (κ3) is 3.14. The molecule has 3 heteroatoms. The van der Waals surface area contributed by atoms with E-state index in [4.69, 9.17) is 4.74 Å². The number of esters is 1. The van der Waals surface area contributed by atoms with Crippen molar-refractivity contribution in [1.29, 1.82) is 0 Å². The van der Waals surface area contributed by atoms with Gasteiger partial charge in [-0.25, -0.2) is 4.79 Å². The van der Waals surface area contributed by atoms with Gasteiger partial charge in [-0.2, -0.15) is 0 Å². The predicted octanol–water partition coefficient (Wildman–Crippen LogP) is 4.45. The number of carbonyl (C=O) groups is 1. The lowest BCUT2D eigenvalue weighted by Gasteiger charge is -2.23. The van der Waals surface area contributed by atoms with E-state index < -0.39 is 5.97 Å². The minimum atomic E-state index is -0.404. The Kier molecular flexibility index (Phi) is 4.27. The van der Waals surface area contributed by atoms with Gasteiger partial charge in [-0.1, -0.05) is 50.6 Å². The molecule has 2 rings (SSSR count). The van der Waals surface area contributed by atoms with Gasteiger partial charge in [0, 0.05) is 11.1 Å². The van der Waals surface area contributed by atoms with Crippen LogP contribution in [-0.2, 0) is 10.2 Å². The van der Waals surface area contributed by atoms with Crippen LogP contribution in [0.4, 0.5) is 0 Å². The normalized spacial score (nSPS) is 11.3. The van der Waals surface area contributed by atoms with Gasteiger partial charge >= 0.3 is 5.97 Å². The van der Waals surface area contributed by atoms with Gasteiger partial charge in [0.05, 0.1) is 12.7 Å². The molecule has 0 aliphatic carbocycles. The summed E-state index contributed by atoms with van der Waals surface area (Å²) >= 11 is 0. The third-order valence-electron chi connectivity index (χ3n) is 3.70. The molecule has 3 nitrogen and oxygen atoms in total. The Balaban J connectivity index is 2.71. The Bertz CT molecular complexity index is 692. The van der Waals surface area contributed by atoms with Crippen LogP contribution < -0.4 is 0 Å². The minimum Gasteiger partial charge on any atom is -0.507 e. The van der Waals surface area contributed by atoms with Gasteiger partial charge in [0.1, 0.15) is 5.75 Å². The summed E-state index contributed by atoms with van der Waals surface area (Å²) in [6.45, 7) is 8.02. The summed E-state index contributed by atoms with van der Waals surface area (Å²) in [7, 11) is 1.36. The molecule has 0 spiro atoms. The van der Waals surface area contributed by atoms with Gasteiger partial charge < -0.3 is 9.84 Å². The van der Waals surface area contributed by atoms with Crippen molar-refractivity contribution in [2.45, 2.75) is 33.1 Å². The Morgan fingerprint density at radius 2 is 1.68 bits per heavy atom. The summed E-state index contributed by atoms with van der Waals surface area (Å²) in [5.74, 6) is -0.192. The first-order valence-electron chi connectivity index (χ1n) is 7.27. The van der Waals surface area contributed by atoms with Gasteiger partial charge in [-0.3, -0.25) is 0 Å². The fraction of sp³-hybridized carbons (Fsp3) is 0.316. The molecule has 2 aromatic rings. The zero-order valence-corrected chi connectivity index (χ0v) is 13.7. The monoisotopic (exact) mass is 298 g/mol. The van der Waals surface area contributed by atoms with E-state index in [-0.39, 0.29) is 11.2 Å². The zero-order chi connectivity index (χ0) is 16.5. The van der Waals surface area contributed by atoms with Crippen LogP contribution in [0, 0.1) is 6.92 Å². The number of methoxy groups -OCH3 is 1. The number of aromatic hydroxyl groups is 1. The van der Waals surface area contributed by atoms with Crippen LogP contribution in [0.15, 0.2) is 36.4 Å². The maximum absolute atomic E-state index is 11.9. The van der Waals surface area contributed by atoms with E-state index in [2.05, 4.69) is 0 Å². The Morgan fingerprint density at radius 1 is 1.09 bits per heavy atom. The van der Waals surface area contributed by atoms with E-state index >= 15 is 0 Å². The minimum absolute atomic E-state index is 0.212. The van der Waals surface area contributed by atoms with E-state index in [0.29, 0.717) is 11.1 Å². The highest BCUT2D eigenvalue weighted by atomic mass is 16.5. The lowest BCUT2D eigenvalue weighted by atomic mass is 9.83. The highest BCUT2D eigenvalue weighted by Crippen LogP contribution is 2.39. The van der Waals surface area contributed by atoms with Crippen LogP contribution in [0.25, 0.3) is 11.1 Å². The lowest BCUT2D eigenvalue weighted by molar-refractivity contribution is 0.0600. The Morgan fingerprint density at radius 3 is 2.18 bits per heavy atom. The molecule has 116 valence electrons. The van der Waals surface area contributed by atoms with Crippen molar-refractivity contribution in [1.82, 2.24) is 0 Å². The van der Waals surface area contributed by atoms with E-state index in [1.165, 1.54) is 7.11 Å². The Labute approximate surface area is 131 Å². The van der Waals surface area contributed by atoms with Crippen LogP contribution in [-0.4, -0.2) is 18.2 Å². The molecule has 0 heterocycles. The first-order chi connectivity index (χ1) is 10.2. The molecular weight excluding hydrogens is 276 g/mol. The molecule has 0 saturated carbocycles. The van der Waals surface area contributed by atoms with Crippen LogP contribution in [0.2, 0.25) is 0 Å². The molecule has 0 saturated heterocycles. The second kappa shape index (κ2) is 5.84. The molecule has 0 unspecified atom stereocenters. The van der Waals surface area contributed by atoms with Gasteiger partial charge in [-0.05, 0) is 30.0 Å². The quantitative estimate of drug-likeness (QED) is 0.833. The van der Waals surface area contributed by atoms with Crippen LogP contribution in [0.3, 0.4) is 0 Å². The van der Waals surface area contributed by atoms with E-state index in [9.17, 15) is 9.90 Å². The van der Waals surface area contributed by atoms with Crippen molar-refractivity contribution in [2.75, 3.05) is 7.11 Å². The number of ether oxygens (including phenoxy) is 1. The molecule has 0 radical (unpaired) electrons. The summed E-state index contributed by atoms with van der Waals surface area (Å²) in [6.07, 6.45) is 0. The molecular formula is C19H22O3. The van der Waals surface area contributed by atoms with E-state index in [0.717, 1.165) is 16.7 Å². The highest BCUT2D eigenvalue weighted by Gasteiger charge is 2.23. The largest absolute Gasteiger partial charge is 0.507 e. The third-order valence-corrected chi connectivity index (χ3v) is 3.70. The number of phenolic OH excluding ortho intramolecular Hbond substituents is 1. The van der Waals surface area contributed by atoms with Crippen LogP contribution in [0.5, 0.6) is 5.75 Å². The fourth-order valence-electron chi connectivity index (χ4n) is 2.40. The maximum atomic E-state index is 11.9. The molecule has 0 amide bonds. The number of phenols is 1. The topological polar surface area (TPSA) is 46.5 Å². The molecule has 0 aromatic heterocycles. The molecule has 0 aliphatic heterocycles. The Hall–Kier alpha value is -2.29. The molecule has 22 heavy (non-hydrogen) atoms. The highest BCUT2D eigenvalue weighted by molar-refractivity contribution is 5.92. The zero-order valence-electron chi connectivity index (χ0n) is 13.7. The first-order valence-corrected chi connectivity index (χ1v) is 7.27. The molecule has 2 aromatic carbocycles. The average molecular weight is 298 g/mol. The number of aryl methyl sites for hydroxylation is 1. The van der Waals surface area contributed by atoms with Crippen molar-refractivity contribution < 1.29 is 14.6 Å². The second-order valence-corrected chi connectivity index (χ2v) is 6.53. The average Bonchev–Trinajstić information content (AvgIpc) is 2.46. The fourth-order valence-corrected chi connectivity index (χ4v) is 2.40. The van der Waals surface area contributed by atoms with Crippen LogP contribution in [0.1, 0.15) is 42.3 Å². The standard InChI is InChI=1S/C19H22O3/c1-12-6-8-13(9-7-12)15-10-14(18(21)22-5)11-16(17(15)20)19(2,3)4/h6-11,20H,1-5H3. The van der Waals surface area contributed by atoms with Gasteiger partial charge in [0.15, 0.2) is 0 Å². The van der Waals surface area contributed by atoms with Gasteiger partial charge in [0.25, 0.3) is 0 Å². The summed E-state index contributed by atoms with van der Waals surface area (Å²) in [4.78, 5) is 11.9. The maximum Gasteiger partial charge on any atom is 0.337 e. The van der Waals surface area contributed by atoms with Crippen molar-refractivity contribution in [2.24, 2.45) is 0 Å². The van der Waals surface area contributed by atoms with Crippen molar-refractivity contribution in [3.63, 3.8) is 0 Å². The SMILES string of the molecule is COC(=O)c1cc(-c2ccc(C)cc2)c(O)c(C(C)(C)C)c1. The van der Waals surface area contributed by atoms with Crippen molar-refractivity contribution >= 4 is 5.97 Å². The lowest BCUT2D eigenvalue weighted by Crippen LogP contribution is -2.14. The number of carbonyl (C=O) groups excluding carboxylic acids is 1. The van der Waals surface area contributed by atoms with Crippen molar-refractivity contribution in [3.8, 4) is 16.9 Å². The number of rotatable bonds is 2. The second-order valence-electron chi connectivity index (χ2n) is 6.53. The first kappa shape index (κ1) is 16.1. The number of hydrogen-bond acceptors (Lipinski definition) is 3. The molecule has 0 atom stereocenters. The summed E-state index contributed by atoms with van der Waals surface area (Å²) in [6, 6.07) is 11.2. The van der Waals surface area contributed by atoms with Gasteiger partial charge in [0.2, 0.25) is 0 Å². The predicted molar refractivity (Wildman–Crippen MR) is 88.3 cm³/mol. The number of benzene rings is 2. The molecule has 0 aliphatic rings. The summed E-state index contributed by atoms with van der Waals surface area (Å²) in [5, 5.41) is 10.7. The van der Waals surface area contributed by atoms with E-state index in [1.807, 2.05) is 52.0 Å². The van der Waals surface area contributed by atoms with Crippen molar-refractivity contribution in [3.05, 3.63) is 53.1 Å². The molecule has 0 fully saturated rings. The van der Waals surface area contributed by atoms with Gasteiger partial charge in [-0.15, -0.1) is 0 Å². The molecule has 0 bridgehead atoms. The molecule has 1 N–H and O–H groups in total. The summed E-state index contributed by atoms with van der Waals surface area (Å²) in [5.41, 5.74) is 3.55.